The molecule has 2 aromatic rings. The molecule has 0 aliphatic carbocycles. The van der Waals surface area contributed by atoms with Crippen LogP contribution in [0.3, 0.4) is 0 Å². The highest BCUT2D eigenvalue weighted by Gasteiger charge is 2.15. The van der Waals surface area contributed by atoms with E-state index in [2.05, 4.69) is 4.72 Å². The zero-order valence-corrected chi connectivity index (χ0v) is 11.0. The smallest absolute Gasteiger partial charge is 0.262 e. The molecule has 6 heteroatoms. The van der Waals surface area contributed by atoms with Gasteiger partial charge < -0.3 is 5.73 Å². The lowest BCUT2D eigenvalue weighted by Gasteiger charge is -2.09. The van der Waals surface area contributed by atoms with Gasteiger partial charge in [0.1, 0.15) is 5.82 Å². The molecule has 0 radical (unpaired) electrons. The molecule has 4 nitrogen and oxygen atoms in total. The summed E-state index contributed by atoms with van der Waals surface area (Å²) in [6.45, 7) is 1.85. The number of aryl methyl sites for hydroxylation is 1. The molecule has 0 saturated heterocycles. The van der Waals surface area contributed by atoms with Gasteiger partial charge in [-0.15, -0.1) is 0 Å². The fourth-order valence-electron chi connectivity index (χ4n) is 1.66. The monoisotopic (exact) mass is 280 g/mol. The summed E-state index contributed by atoms with van der Waals surface area (Å²) in [5.74, 6) is -0.690. The third-order valence-electron chi connectivity index (χ3n) is 2.47. The van der Waals surface area contributed by atoms with Crippen LogP contribution in [0.4, 0.5) is 15.8 Å². The van der Waals surface area contributed by atoms with E-state index in [9.17, 15) is 12.8 Å². The second-order valence-corrected chi connectivity index (χ2v) is 5.88. The fraction of sp³-hybridized carbons (Fsp3) is 0.0769. The molecule has 0 saturated carbocycles. The molecule has 0 bridgehead atoms. The van der Waals surface area contributed by atoms with Gasteiger partial charge in [0.25, 0.3) is 10.0 Å². The molecule has 0 aromatic heterocycles. The van der Waals surface area contributed by atoms with Crippen molar-refractivity contribution in [2.75, 3.05) is 10.5 Å². The minimum absolute atomic E-state index is 0.0598. The Balaban J connectivity index is 2.37. The average Bonchev–Trinajstić information content (AvgIpc) is 2.26. The van der Waals surface area contributed by atoms with Gasteiger partial charge in [-0.25, -0.2) is 12.8 Å². The summed E-state index contributed by atoms with van der Waals surface area (Å²) in [6.07, 6.45) is 0. The lowest BCUT2D eigenvalue weighted by molar-refractivity contribution is 0.595. The molecule has 19 heavy (non-hydrogen) atoms. The fourth-order valence-corrected chi connectivity index (χ4v) is 2.78. The molecular formula is C13H13FN2O2S. The van der Waals surface area contributed by atoms with Crippen LogP contribution in [0.5, 0.6) is 0 Å². The highest BCUT2D eigenvalue weighted by Crippen LogP contribution is 2.20. The van der Waals surface area contributed by atoms with Crippen LogP contribution in [0, 0.1) is 12.7 Å². The molecule has 0 amide bonds. The van der Waals surface area contributed by atoms with Gasteiger partial charge in [-0.05, 0) is 42.8 Å². The first-order chi connectivity index (χ1) is 8.87. The molecule has 2 aromatic carbocycles. The second-order valence-electron chi connectivity index (χ2n) is 4.20. The maximum absolute atomic E-state index is 13.2. The van der Waals surface area contributed by atoms with Crippen molar-refractivity contribution in [3.05, 3.63) is 53.8 Å². The zero-order valence-electron chi connectivity index (χ0n) is 10.2. The summed E-state index contributed by atoms with van der Waals surface area (Å²) in [5.41, 5.74) is 6.84. The van der Waals surface area contributed by atoms with Crippen molar-refractivity contribution in [3.63, 3.8) is 0 Å². The van der Waals surface area contributed by atoms with E-state index in [0.717, 1.165) is 17.7 Å². The Morgan fingerprint density at radius 2 is 1.89 bits per heavy atom. The molecule has 0 fully saturated rings. The molecule has 0 aliphatic heterocycles. The largest absolute Gasteiger partial charge is 0.399 e. The Morgan fingerprint density at radius 3 is 2.53 bits per heavy atom. The van der Waals surface area contributed by atoms with Crippen molar-refractivity contribution in [2.24, 2.45) is 0 Å². The number of benzene rings is 2. The Labute approximate surface area is 111 Å². The predicted octanol–water partition coefficient (Wildman–Crippen LogP) is 2.52. The maximum Gasteiger partial charge on any atom is 0.262 e. The number of hydrogen-bond donors (Lipinski definition) is 2. The van der Waals surface area contributed by atoms with Crippen molar-refractivity contribution in [1.82, 2.24) is 0 Å². The number of nitrogens with two attached hydrogens (primary N) is 1. The van der Waals surface area contributed by atoms with Crippen LogP contribution in [0.2, 0.25) is 0 Å². The Morgan fingerprint density at radius 1 is 1.16 bits per heavy atom. The van der Waals surface area contributed by atoms with Crippen molar-refractivity contribution >= 4 is 21.4 Å². The number of sulfonamides is 1. The first kappa shape index (κ1) is 13.4. The molecule has 0 aliphatic rings. The van der Waals surface area contributed by atoms with Crippen molar-refractivity contribution in [1.29, 1.82) is 0 Å². The number of anilines is 2. The second kappa shape index (κ2) is 4.89. The van der Waals surface area contributed by atoms with Crippen LogP contribution in [-0.4, -0.2) is 8.42 Å². The van der Waals surface area contributed by atoms with Gasteiger partial charge in [0.2, 0.25) is 0 Å². The van der Waals surface area contributed by atoms with E-state index < -0.39 is 15.8 Å². The van der Waals surface area contributed by atoms with Gasteiger partial charge in [0, 0.05) is 11.4 Å². The van der Waals surface area contributed by atoms with Crippen LogP contribution in [0.1, 0.15) is 5.56 Å². The van der Waals surface area contributed by atoms with Gasteiger partial charge in [-0.1, -0.05) is 12.1 Å². The van der Waals surface area contributed by atoms with Crippen molar-refractivity contribution in [3.8, 4) is 0 Å². The van der Waals surface area contributed by atoms with Gasteiger partial charge in [-0.2, -0.15) is 0 Å². The summed E-state index contributed by atoms with van der Waals surface area (Å²) < 4.78 is 39.7. The van der Waals surface area contributed by atoms with E-state index in [0.29, 0.717) is 5.69 Å². The molecule has 2 rings (SSSR count). The van der Waals surface area contributed by atoms with E-state index in [1.807, 2.05) is 13.0 Å². The van der Waals surface area contributed by atoms with Crippen molar-refractivity contribution < 1.29 is 12.8 Å². The Bertz CT molecular complexity index is 694. The van der Waals surface area contributed by atoms with Crippen molar-refractivity contribution in [2.45, 2.75) is 11.8 Å². The first-order valence-corrected chi connectivity index (χ1v) is 7.01. The third kappa shape index (κ3) is 3.23. The number of rotatable bonds is 3. The number of hydrogen-bond acceptors (Lipinski definition) is 3. The maximum atomic E-state index is 13.2. The zero-order chi connectivity index (χ0) is 14.0. The summed E-state index contributed by atoms with van der Waals surface area (Å²) in [6, 6.07) is 10.1. The molecule has 0 unspecified atom stereocenters. The summed E-state index contributed by atoms with van der Waals surface area (Å²) in [5, 5.41) is 0. The Hall–Kier alpha value is -2.08. The predicted molar refractivity (Wildman–Crippen MR) is 72.8 cm³/mol. The van der Waals surface area contributed by atoms with Crippen LogP contribution in [-0.2, 0) is 10.0 Å². The summed E-state index contributed by atoms with van der Waals surface area (Å²) in [7, 11) is -3.85. The molecular weight excluding hydrogens is 267 g/mol. The molecule has 0 atom stereocenters. The number of nitrogen functional groups attached to an aromatic ring is 1. The quantitative estimate of drug-likeness (QED) is 0.848. The normalized spacial score (nSPS) is 11.3. The van der Waals surface area contributed by atoms with E-state index in [1.165, 1.54) is 6.07 Å². The third-order valence-corrected chi connectivity index (χ3v) is 3.83. The van der Waals surface area contributed by atoms with Crippen LogP contribution < -0.4 is 10.5 Å². The van der Waals surface area contributed by atoms with Gasteiger partial charge >= 0.3 is 0 Å². The molecule has 100 valence electrons. The van der Waals surface area contributed by atoms with Gasteiger partial charge in [0.05, 0.1) is 4.90 Å². The van der Waals surface area contributed by atoms with E-state index in [-0.39, 0.29) is 10.6 Å². The van der Waals surface area contributed by atoms with E-state index >= 15 is 0 Å². The minimum atomic E-state index is -3.85. The highest BCUT2D eigenvalue weighted by atomic mass is 32.2. The lowest BCUT2D eigenvalue weighted by Crippen LogP contribution is -2.13. The van der Waals surface area contributed by atoms with Gasteiger partial charge in [-0.3, -0.25) is 4.72 Å². The highest BCUT2D eigenvalue weighted by molar-refractivity contribution is 7.92. The number of halogens is 1. The topological polar surface area (TPSA) is 72.2 Å². The average molecular weight is 280 g/mol. The van der Waals surface area contributed by atoms with E-state index in [1.54, 1.807) is 18.2 Å². The molecule has 3 N–H and O–H groups in total. The van der Waals surface area contributed by atoms with E-state index in [4.69, 9.17) is 5.73 Å². The standard InChI is InChI=1S/C13H13FN2O2S/c1-9-3-2-4-12(5-9)16-19(17,18)13-7-10(14)6-11(15)8-13/h2-8,16H,15H2,1H3. The lowest BCUT2D eigenvalue weighted by atomic mass is 10.2. The molecule has 0 heterocycles. The SMILES string of the molecule is Cc1cccc(NS(=O)(=O)c2cc(N)cc(F)c2)c1. The minimum Gasteiger partial charge on any atom is -0.399 e. The van der Waals surface area contributed by atoms with Crippen LogP contribution in [0.25, 0.3) is 0 Å². The van der Waals surface area contributed by atoms with Crippen LogP contribution >= 0.6 is 0 Å². The Kier molecular flexibility index (Phi) is 3.44. The number of nitrogens with one attached hydrogen (secondary N) is 1. The molecule has 0 spiro atoms. The van der Waals surface area contributed by atoms with Crippen LogP contribution in [0.15, 0.2) is 47.4 Å². The summed E-state index contributed by atoms with van der Waals surface area (Å²) >= 11 is 0. The first-order valence-electron chi connectivity index (χ1n) is 5.52. The summed E-state index contributed by atoms with van der Waals surface area (Å²) in [4.78, 5) is -0.202. The van der Waals surface area contributed by atoms with Gasteiger partial charge in [0.15, 0.2) is 0 Å².